The molecule has 1 heterocycles. The van der Waals surface area contributed by atoms with Gasteiger partial charge in [0.1, 0.15) is 5.15 Å². The van der Waals surface area contributed by atoms with Crippen LogP contribution in [0.3, 0.4) is 0 Å². The van der Waals surface area contributed by atoms with Gasteiger partial charge in [-0.15, -0.1) is 0 Å². The van der Waals surface area contributed by atoms with Gasteiger partial charge in [-0.2, -0.15) is 0 Å². The lowest BCUT2D eigenvalue weighted by atomic mass is 9.86. The zero-order valence-corrected chi connectivity index (χ0v) is 14.6. The summed E-state index contributed by atoms with van der Waals surface area (Å²) in [5.74, 6) is -0.431. The number of nitrogens with zero attached hydrogens (tertiary/aromatic N) is 1. The molecule has 0 spiro atoms. The van der Waals surface area contributed by atoms with Crippen LogP contribution in [0.1, 0.15) is 54.2 Å². The van der Waals surface area contributed by atoms with Crippen LogP contribution in [-0.4, -0.2) is 29.5 Å². The first-order valence-corrected chi connectivity index (χ1v) is 8.36. The van der Waals surface area contributed by atoms with Crippen molar-refractivity contribution in [3.8, 4) is 0 Å². The second kappa shape index (κ2) is 7.77. The Kier molecular flexibility index (Phi) is 5.99. The molecule has 6 heteroatoms. The summed E-state index contributed by atoms with van der Waals surface area (Å²) < 4.78 is 5.09. The number of carbonyl (C=O) groups is 2. The summed E-state index contributed by atoms with van der Waals surface area (Å²) in [6.45, 7) is 5.40. The Morgan fingerprint density at radius 3 is 2.70 bits per heavy atom. The molecule has 1 aliphatic carbocycles. The van der Waals surface area contributed by atoms with Gasteiger partial charge in [-0.25, -0.2) is 9.78 Å². The highest BCUT2D eigenvalue weighted by Gasteiger charge is 2.24. The van der Waals surface area contributed by atoms with Crippen molar-refractivity contribution in [2.75, 3.05) is 6.61 Å². The van der Waals surface area contributed by atoms with Gasteiger partial charge in [0, 0.05) is 11.7 Å². The third kappa shape index (κ3) is 4.67. The number of esters is 1. The molecular weight excluding hydrogens is 316 g/mol. The fraction of sp³-hybridized carbons (Fsp3) is 0.588. The molecule has 1 aromatic rings. The number of ether oxygens (including phenoxy) is 1. The third-order valence-electron chi connectivity index (χ3n) is 4.30. The third-order valence-corrected chi connectivity index (χ3v) is 4.57. The molecule has 23 heavy (non-hydrogen) atoms. The van der Waals surface area contributed by atoms with Gasteiger partial charge in [-0.3, -0.25) is 4.79 Å². The molecule has 1 aromatic heterocycles. The van der Waals surface area contributed by atoms with Crippen molar-refractivity contribution in [3.63, 3.8) is 0 Å². The second-order valence-corrected chi connectivity index (χ2v) is 6.62. The molecule has 1 fully saturated rings. The molecule has 0 saturated heterocycles. The molecule has 1 amide bonds. The Bertz CT molecular complexity index is 580. The number of nitrogens with one attached hydrogen (secondary N) is 1. The molecule has 1 N–H and O–H groups in total. The van der Waals surface area contributed by atoms with E-state index in [0.29, 0.717) is 11.5 Å². The Morgan fingerprint density at radius 1 is 1.35 bits per heavy atom. The van der Waals surface area contributed by atoms with Crippen molar-refractivity contribution < 1.29 is 14.3 Å². The maximum Gasteiger partial charge on any atom is 0.342 e. The predicted octanol–water partition coefficient (Wildman–Crippen LogP) is 3.20. The van der Waals surface area contributed by atoms with E-state index in [1.807, 2.05) is 0 Å². The van der Waals surface area contributed by atoms with Gasteiger partial charge in [0.2, 0.25) is 0 Å². The highest BCUT2D eigenvalue weighted by molar-refractivity contribution is 6.32. The summed E-state index contributed by atoms with van der Waals surface area (Å²) >= 11 is 6.01. The number of hydrogen-bond donors (Lipinski definition) is 1. The van der Waals surface area contributed by atoms with Crippen LogP contribution in [0.25, 0.3) is 0 Å². The maximum atomic E-state index is 12.1. The van der Waals surface area contributed by atoms with Crippen molar-refractivity contribution in [1.82, 2.24) is 10.3 Å². The van der Waals surface area contributed by atoms with Crippen molar-refractivity contribution in [3.05, 3.63) is 28.0 Å². The summed E-state index contributed by atoms with van der Waals surface area (Å²) in [5.41, 5.74) is 1.64. The van der Waals surface area contributed by atoms with Gasteiger partial charge in [-0.05, 0) is 44.2 Å². The molecule has 5 nitrogen and oxygen atoms in total. The van der Waals surface area contributed by atoms with Crippen LogP contribution in [0.4, 0.5) is 0 Å². The first-order chi connectivity index (χ1) is 10.9. The number of aromatic nitrogens is 1. The number of halogens is 1. The normalized spacial score (nSPS) is 20.9. The standard InChI is InChI=1S/C17H23ClN2O3/c1-10-6-4-5-7-13(10)20-14(21)9-23-17(22)15-11(2)8-12(3)19-16(15)18/h8,10,13H,4-7,9H2,1-3H3,(H,20,21)/t10-,13+/m0/s1. The minimum atomic E-state index is -0.619. The Labute approximate surface area is 141 Å². The van der Waals surface area contributed by atoms with Crippen molar-refractivity contribution >= 4 is 23.5 Å². The van der Waals surface area contributed by atoms with E-state index < -0.39 is 5.97 Å². The van der Waals surface area contributed by atoms with Crippen LogP contribution in [0.15, 0.2) is 6.07 Å². The smallest absolute Gasteiger partial charge is 0.342 e. The van der Waals surface area contributed by atoms with E-state index in [9.17, 15) is 9.59 Å². The number of rotatable bonds is 4. The average molecular weight is 339 g/mol. The van der Waals surface area contributed by atoms with Crippen LogP contribution in [0, 0.1) is 19.8 Å². The van der Waals surface area contributed by atoms with Crippen LogP contribution in [-0.2, 0) is 9.53 Å². The lowest BCUT2D eigenvalue weighted by molar-refractivity contribution is -0.125. The zero-order chi connectivity index (χ0) is 17.0. The summed E-state index contributed by atoms with van der Waals surface area (Å²) in [6.07, 6.45) is 4.43. The molecule has 0 aromatic carbocycles. The zero-order valence-electron chi connectivity index (χ0n) is 13.8. The van der Waals surface area contributed by atoms with Crippen LogP contribution in [0.2, 0.25) is 5.15 Å². The summed E-state index contributed by atoms with van der Waals surface area (Å²) in [5, 5.41) is 3.05. The van der Waals surface area contributed by atoms with Crippen LogP contribution in [0.5, 0.6) is 0 Å². The lowest BCUT2D eigenvalue weighted by Crippen LogP contribution is -2.42. The summed E-state index contributed by atoms with van der Waals surface area (Å²) in [7, 11) is 0. The average Bonchev–Trinajstić information content (AvgIpc) is 2.46. The fourth-order valence-corrected chi connectivity index (χ4v) is 3.38. The molecule has 1 aliphatic rings. The molecule has 2 atom stereocenters. The van der Waals surface area contributed by atoms with E-state index in [-0.39, 0.29) is 29.3 Å². The van der Waals surface area contributed by atoms with Crippen LogP contribution < -0.4 is 5.32 Å². The Morgan fingerprint density at radius 2 is 2.04 bits per heavy atom. The van der Waals surface area contributed by atoms with Gasteiger partial charge < -0.3 is 10.1 Å². The van der Waals surface area contributed by atoms with Crippen molar-refractivity contribution in [2.45, 2.75) is 52.5 Å². The molecule has 0 radical (unpaired) electrons. The van der Waals surface area contributed by atoms with E-state index >= 15 is 0 Å². The molecule has 1 saturated carbocycles. The van der Waals surface area contributed by atoms with E-state index in [2.05, 4.69) is 17.2 Å². The number of hydrogen-bond acceptors (Lipinski definition) is 4. The Hall–Kier alpha value is -1.62. The number of aryl methyl sites for hydroxylation is 2. The maximum absolute atomic E-state index is 12.1. The fourth-order valence-electron chi connectivity index (χ4n) is 3.02. The first kappa shape index (κ1) is 17.7. The van der Waals surface area contributed by atoms with E-state index in [4.69, 9.17) is 16.3 Å². The molecule has 0 aliphatic heterocycles. The molecular formula is C17H23ClN2O3. The summed E-state index contributed by atoms with van der Waals surface area (Å²) in [4.78, 5) is 28.2. The van der Waals surface area contributed by atoms with E-state index in [1.165, 1.54) is 6.42 Å². The predicted molar refractivity (Wildman–Crippen MR) is 88.6 cm³/mol. The van der Waals surface area contributed by atoms with Gasteiger partial charge in [0.05, 0.1) is 5.56 Å². The van der Waals surface area contributed by atoms with E-state index in [1.54, 1.807) is 19.9 Å². The Balaban J connectivity index is 1.90. The highest BCUT2D eigenvalue weighted by atomic mass is 35.5. The topological polar surface area (TPSA) is 68.3 Å². The van der Waals surface area contributed by atoms with Gasteiger partial charge >= 0.3 is 5.97 Å². The second-order valence-electron chi connectivity index (χ2n) is 6.26. The molecule has 0 unspecified atom stereocenters. The van der Waals surface area contributed by atoms with Crippen molar-refractivity contribution in [2.24, 2.45) is 5.92 Å². The van der Waals surface area contributed by atoms with Gasteiger partial charge in [0.25, 0.3) is 5.91 Å². The number of pyridine rings is 1. The first-order valence-electron chi connectivity index (χ1n) is 7.98. The minimum absolute atomic E-state index is 0.105. The van der Waals surface area contributed by atoms with Crippen LogP contribution >= 0.6 is 11.6 Å². The van der Waals surface area contributed by atoms with Gasteiger partial charge in [0.15, 0.2) is 6.61 Å². The highest BCUT2D eigenvalue weighted by Crippen LogP contribution is 2.23. The lowest BCUT2D eigenvalue weighted by Gasteiger charge is -2.29. The largest absolute Gasteiger partial charge is 0.452 e. The SMILES string of the molecule is Cc1cc(C)c(C(=O)OCC(=O)N[C@@H]2CCCC[C@@H]2C)c(Cl)n1. The van der Waals surface area contributed by atoms with E-state index in [0.717, 1.165) is 25.0 Å². The minimum Gasteiger partial charge on any atom is -0.452 e. The molecule has 126 valence electrons. The molecule has 2 rings (SSSR count). The summed E-state index contributed by atoms with van der Waals surface area (Å²) in [6, 6.07) is 1.92. The quantitative estimate of drug-likeness (QED) is 0.676. The molecule has 0 bridgehead atoms. The van der Waals surface area contributed by atoms with Gasteiger partial charge in [-0.1, -0.05) is 31.4 Å². The van der Waals surface area contributed by atoms with Crippen molar-refractivity contribution in [1.29, 1.82) is 0 Å². The monoisotopic (exact) mass is 338 g/mol. The number of carbonyl (C=O) groups excluding carboxylic acids is 2. The number of amides is 1.